The number of carbonyl (C=O) groups excluding carboxylic acids is 1. The van der Waals surface area contributed by atoms with Gasteiger partial charge >= 0.3 is 12.2 Å². The van der Waals surface area contributed by atoms with Gasteiger partial charge in [0.2, 0.25) is 0 Å². The molecule has 1 heterocycles. The zero-order valence-electron chi connectivity index (χ0n) is 20.6. The summed E-state index contributed by atoms with van der Waals surface area (Å²) in [4.78, 5) is 16.7. The molecule has 2 N–H and O–H groups in total. The van der Waals surface area contributed by atoms with Gasteiger partial charge in [-0.3, -0.25) is 4.90 Å². The standard InChI is InChI=1S/C20H27F4N3O2.C7H5N/c21-18-7-6-14(12-17(18)20(22,23)24)25-19(29)27(15-4-2-1-3-5-15)11-10-26-9-8-16(28)13-26;8-6-7-4-2-1-3-5-7/h6-7,12,15-16,28H,1-5,8-11,13H2,(H,25,29);1-5H. The lowest BCUT2D eigenvalue weighted by atomic mass is 9.94. The second kappa shape index (κ2) is 13.4. The number of likely N-dealkylation sites (tertiary alicyclic amines) is 1. The molecular formula is C27H32F4N4O2. The first-order valence-electron chi connectivity index (χ1n) is 12.5. The van der Waals surface area contributed by atoms with Crippen LogP contribution in [0.5, 0.6) is 0 Å². The summed E-state index contributed by atoms with van der Waals surface area (Å²) < 4.78 is 52.4. The molecule has 10 heteroatoms. The number of nitriles is 1. The van der Waals surface area contributed by atoms with E-state index < -0.39 is 23.6 Å². The van der Waals surface area contributed by atoms with Crippen molar-refractivity contribution in [3.8, 4) is 6.07 Å². The van der Waals surface area contributed by atoms with Gasteiger partial charge in [0.25, 0.3) is 0 Å². The second-order valence-electron chi connectivity index (χ2n) is 9.33. The summed E-state index contributed by atoms with van der Waals surface area (Å²) in [6.07, 6.45) is 0.345. The van der Waals surface area contributed by atoms with Crippen LogP contribution < -0.4 is 5.32 Å². The molecule has 2 aromatic carbocycles. The van der Waals surface area contributed by atoms with E-state index in [-0.39, 0.29) is 17.8 Å². The number of β-amino-alcohol motifs (C(OH)–C–C–N with tert-alkyl or cyclic N) is 1. The van der Waals surface area contributed by atoms with E-state index in [9.17, 15) is 27.5 Å². The molecule has 6 nitrogen and oxygen atoms in total. The van der Waals surface area contributed by atoms with E-state index >= 15 is 0 Å². The van der Waals surface area contributed by atoms with Crippen molar-refractivity contribution in [3.63, 3.8) is 0 Å². The molecule has 2 fully saturated rings. The highest BCUT2D eigenvalue weighted by molar-refractivity contribution is 5.89. The molecular weight excluding hydrogens is 488 g/mol. The third-order valence-electron chi connectivity index (χ3n) is 6.61. The van der Waals surface area contributed by atoms with Crippen molar-refractivity contribution in [3.05, 3.63) is 65.5 Å². The zero-order valence-corrected chi connectivity index (χ0v) is 20.6. The fraction of sp³-hybridized carbons (Fsp3) is 0.481. The van der Waals surface area contributed by atoms with Gasteiger partial charge < -0.3 is 15.3 Å². The molecule has 200 valence electrons. The average Bonchev–Trinajstić information content (AvgIpc) is 3.31. The Hall–Kier alpha value is -3.16. The van der Waals surface area contributed by atoms with Crippen LogP contribution in [0.25, 0.3) is 0 Å². The number of amides is 2. The summed E-state index contributed by atoms with van der Waals surface area (Å²) in [6.45, 7) is 2.34. The number of hydrogen-bond donors (Lipinski definition) is 2. The first-order chi connectivity index (χ1) is 17.7. The minimum absolute atomic E-state index is 0.0267. The maximum Gasteiger partial charge on any atom is 0.419 e. The predicted molar refractivity (Wildman–Crippen MR) is 132 cm³/mol. The lowest BCUT2D eigenvalue weighted by molar-refractivity contribution is -0.139. The minimum Gasteiger partial charge on any atom is -0.392 e. The van der Waals surface area contributed by atoms with Gasteiger partial charge in [0.15, 0.2) is 0 Å². The molecule has 37 heavy (non-hydrogen) atoms. The smallest absolute Gasteiger partial charge is 0.392 e. The van der Waals surface area contributed by atoms with Crippen LogP contribution in [0.2, 0.25) is 0 Å². The number of nitrogens with one attached hydrogen (secondary N) is 1. The first-order valence-corrected chi connectivity index (χ1v) is 12.5. The Kier molecular flexibility index (Phi) is 10.3. The Labute approximate surface area is 214 Å². The number of urea groups is 1. The Bertz CT molecular complexity index is 1050. The number of nitrogens with zero attached hydrogens (tertiary/aromatic N) is 3. The molecule has 1 unspecified atom stereocenters. The minimum atomic E-state index is -4.83. The van der Waals surface area contributed by atoms with E-state index in [0.717, 1.165) is 50.8 Å². The normalized spacial score (nSPS) is 18.4. The topological polar surface area (TPSA) is 79.6 Å². The van der Waals surface area contributed by atoms with Crippen LogP contribution in [0.4, 0.5) is 28.0 Å². The molecule has 1 aliphatic carbocycles. The summed E-state index contributed by atoms with van der Waals surface area (Å²) in [5, 5.41) is 20.5. The number of carbonyl (C=O) groups is 1. The van der Waals surface area contributed by atoms with Crippen LogP contribution in [-0.4, -0.2) is 59.3 Å². The number of alkyl halides is 3. The Morgan fingerprint density at radius 3 is 2.38 bits per heavy atom. The summed E-state index contributed by atoms with van der Waals surface area (Å²) in [7, 11) is 0. The molecule has 2 amide bonds. The highest BCUT2D eigenvalue weighted by Crippen LogP contribution is 2.33. The third kappa shape index (κ3) is 8.72. The molecule has 1 saturated heterocycles. The van der Waals surface area contributed by atoms with Crippen LogP contribution in [0.3, 0.4) is 0 Å². The van der Waals surface area contributed by atoms with E-state index in [1.807, 2.05) is 24.3 Å². The molecule has 1 atom stereocenters. The fourth-order valence-electron chi connectivity index (χ4n) is 4.64. The summed E-state index contributed by atoms with van der Waals surface area (Å²) in [5.41, 5.74) is -0.765. The van der Waals surface area contributed by atoms with Crippen LogP contribution in [0, 0.1) is 17.1 Å². The Balaban J connectivity index is 0.000000405. The fourth-order valence-corrected chi connectivity index (χ4v) is 4.64. The van der Waals surface area contributed by atoms with Crippen molar-refractivity contribution in [2.45, 2.75) is 56.8 Å². The number of rotatable bonds is 5. The lowest BCUT2D eigenvalue weighted by Crippen LogP contribution is -2.47. The Morgan fingerprint density at radius 2 is 1.81 bits per heavy atom. The molecule has 0 bridgehead atoms. The largest absolute Gasteiger partial charge is 0.419 e. The van der Waals surface area contributed by atoms with Crippen LogP contribution in [0.15, 0.2) is 48.5 Å². The molecule has 1 saturated carbocycles. The van der Waals surface area contributed by atoms with Crippen molar-refractivity contribution in [1.82, 2.24) is 9.80 Å². The number of aliphatic hydroxyl groups excluding tert-OH is 1. The van der Waals surface area contributed by atoms with Gasteiger partial charge in [0.1, 0.15) is 5.82 Å². The van der Waals surface area contributed by atoms with E-state index in [4.69, 9.17) is 5.26 Å². The van der Waals surface area contributed by atoms with Gasteiger partial charge in [-0.25, -0.2) is 9.18 Å². The summed E-state index contributed by atoms with van der Waals surface area (Å²) >= 11 is 0. The second-order valence-corrected chi connectivity index (χ2v) is 9.33. The zero-order chi connectivity index (χ0) is 26.8. The van der Waals surface area contributed by atoms with Crippen LogP contribution >= 0.6 is 0 Å². The lowest BCUT2D eigenvalue weighted by Gasteiger charge is -2.35. The number of aliphatic hydroxyl groups is 1. The summed E-state index contributed by atoms with van der Waals surface area (Å²) in [6, 6.07) is 13.2. The molecule has 2 aromatic rings. The van der Waals surface area contributed by atoms with E-state index in [1.165, 1.54) is 0 Å². The van der Waals surface area contributed by atoms with Gasteiger partial charge in [-0.2, -0.15) is 18.4 Å². The number of hydrogen-bond acceptors (Lipinski definition) is 4. The van der Waals surface area contributed by atoms with Crippen LogP contribution in [-0.2, 0) is 6.18 Å². The van der Waals surface area contributed by atoms with Gasteiger partial charge in [0, 0.05) is 37.9 Å². The van der Waals surface area contributed by atoms with Crippen LogP contribution in [0.1, 0.15) is 49.7 Å². The van der Waals surface area contributed by atoms with Gasteiger partial charge in [-0.05, 0) is 49.6 Å². The van der Waals surface area contributed by atoms with Gasteiger partial charge in [-0.1, -0.05) is 37.5 Å². The van der Waals surface area contributed by atoms with E-state index in [1.54, 1.807) is 17.0 Å². The van der Waals surface area contributed by atoms with Crippen molar-refractivity contribution in [1.29, 1.82) is 5.26 Å². The number of halogens is 4. The summed E-state index contributed by atoms with van der Waals surface area (Å²) in [5.74, 6) is -1.37. The van der Waals surface area contributed by atoms with Crippen molar-refractivity contribution < 1.29 is 27.5 Å². The highest BCUT2D eigenvalue weighted by atomic mass is 19.4. The molecule has 2 aliphatic rings. The number of benzene rings is 2. The van der Waals surface area contributed by atoms with Gasteiger partial charge in [-0.15, -0.1) is 0 Å². The first kappa shape index (κ1) is 28.4. The highest BCUT2D eigenvalue weighted by Gasteiger charge is 2.35. The van der Waals surface area contributed by atoms with E-state index in [2.05, 4.69) is 10.2 Å². The number of anilines is 1. The molecule has 1 aliphatic heterocycles. The van der Waals surface area contributed by atoms with E-state index in [0.29, 0.717) is 37.7 Å². The average molecular weight is 521 g/mol. The monoisotopic (exact) mass is 520 g/mol. The SMILES string of the molecule is N#Cc1ccccc1.O=C(Nc1ccc(F)c(C(F)(F)F)c1)N(CCN1CCC(O)C1)C1CCCCC1. The Morgan fingerprint density at radius 1 is 1.11 bits per heavy atom. The molecule has 0 radical (unpaired) electrons. The predicted octanol–water partition coefficient (Wildman–Crippen LogP) is 5.64. The van der Waals surface area contributed by atoms with Crippen molar-refractivity contribution in [2.24, 2.45) is 0 Å². The van der Waals surface area contributed by atoms with Crippen molar-refractivity contribution in [2.75, 3.05) is 31.5 Å². The maximum absolute atomic E-state index is 13.5. The van der Waals surface area contributed by atoms with Gasteiger partial charge in [0.05, 0.1) is 23.3 Å². The molecule has 4 rings (SSSR count). The molecule has 0 spiro atoms. The molecule has 0 aromatic heterocycles. The quantitative estimate of drug-likeness (QED) is 0.501. The third-order valence-corrected chi connectivity index (χ3v) is 6.61. The maximum atomic E-state index is 13.5. The van der Waals surface area contributed by atoms with Crippen molar-refractivity contribution >= 4 is 11.7 Å².